The summed E-state index contributed by atoms with van der Waals surface area (Å²) in [5.41, 5.74) is 1.85. The van der Waals surface area contributed by atoms with Gasteiger partial charge >= 0.3 is 0 Å². The summed E-state index contributed by atoms with van der Waals surface area (Å²) >= 11 is 0. The maximum Gasteiger partial charge on any atom is 0.264 e. The van der Waals surface area contributed by atoms with Gasteiger partial charge in [0.05, 0.1) is 17.6 Å². The van der Waals surface area contributed by atoms with Crippen LogP contribution in [0.4, 0.5) is 11.4 Å². The zero-order valence-corrected chi connectivity index (χ0v) is 11.5. The molecule has 0 amide bonds. The number of hydrogen-bond acceptors (Lipinski definition) is 4. The van der Waals surface area contributed by atoms with Crippen LogP contribution in [0.3, 0.4) is 0 Å². The lowest BCUT2D eigenvalue weighted by atomic mass is 10.3. The van der Waals surface area contributed by atoms with Gasteiger partial charge in [-0.15, -0.1) is 0 Å². The Morgan fingerprint density at radius 2 is 1.84 bits per heavy atom. The van der Waals surface area contributed by atoms with Crippen molar-refractivity contribution in [2.75, 3.05) is 17.1 Å². The van der Waals surface area contributed by atoms with E-state index >= 15 is 0 Å². The Hall–Kier alpha value is -2.08. The molecule has 0 aliphatic carbocycles. The molecule has 0 fully saturated rings. The first-order chi connectivity index (χ1) is 9.04. The van der Waals surface area contributed by atoms with Gasteiger partial charge in [0, 0.05) is 13.2 Å². The van der Waals surface area contributed by atoms with Crippen LogP contribution in [-0.4, -0.2) is 20.4 Å². The number of rotatable bonds is 4. The van der Waals surface area contributed by atoms with Crippen molar-refractivity contribution >= 4 is 21.4 Å². The van der Waals surface area contributed by atoms with Crippen LogP contribution in [0.2, 0.25) is 0 Å². The molecular formula is C13H15N3O2S. The van der Waals surface area contributed by atoms with Gasteiger partial charge in [0.15, 0.2) is 0 Å². The SMILES string of the molecule is CNc1ccccc1S(=O)(=O)Nc1cnccc1C. The number of anilines is 2. The van der Waals surface area contributed by atoms with Crippen molar-refractivity contribution in [1.29, 1.82) is 0 Å². The van der Waals surface area contributed by atoms with Gasteiger partial charge in [-0.25, -0.2) is 8.42 Å². The van der Waals surface area contributed by atoms with E-state index in [0.29, 0.717) is 11.4 Å². The average molecular weight is 277 g/mol. The molecule has 2 aromatic rings. The topological polar surface area (TPSA) is 71.1 Å². The van der Waals surface area contributed by atoms with Gasteiger partial charge in [-0.05, 0) is 30.7 Å². The van der Waals surface area contributed by atoms with Crippen LogP contribution in [0.15, 0.2) is 47.6 Å². The third kappa shape index (κ3) is 2.85. The molecular weight excluding hydrogens is 262 g/mol. The van der Waals surface area contributed by atoms with Crippen molar-refractivity contribution in [3.05, 3.63) is 48.3 Å². The lowest BCUT2D eigenvalue weighted by Gasteiger charge is -2.12. The summed E-state index contributed by atoms with van der Waals surface area (Å²) in [5, 5.41) is 2.87. The molecule has 0 saturated heterocycles. The number of pyridine rings is 1. The Kier molecular flexibility index (Phi) is 3.71. The molecule has 0 atom stereocenters. The van der Waals surface area contributed by atoms with Crippen LogP contribution >= 0.6 is 0 Å². The van der Waals surface area contributed by atoms with Gasteiger partial charge in [0.2, 0.25) is 0 Å². The number of para-hydroxylation sites is 1. The van der Waals surface area contributed by atoms with Crippen molar-refractivity contribution in [2.24, 2.45) is 0 Å². The van der Waals surface area contributed by atoms with Gasteiger partial charge in [0.1, 0.15) is 4.90 Å². The van der Waals surface area contributed by atoms with E-state index in [-0.39, 0.29) is 4.90 Å². The molecule has 1 aromatic carbocycles. The molecule has 2 N–H and O–H groups in total. The summed E-state index contributed by atoms with van der Waals surface area (Å²) in [5.74, 6) is 0. The second kappa shape index (κ2) is 5.27. The molecule has 0 aliphatic rings. The summed E-state index contributed by atoms with van der Waals surface area (Å²) in [4.78, 5) is 4.13. The molecule has 0 radical (unpaired) electrons. The van der Waals surface area contributed by atoms with E-state index in [4.69, 9.17) is 0 Å². The van der Waals surface area contributed by atoms with Crippen LogP contribution in [0.1, 0.15) is 5.56 Å². The van der Waals surface area contributed by atoms with Gasteiger partial charge in [-0.3, -0.25) is 9.71 Å². The summed E-state index contributed by atoms with van der Waals surface area (Å²) in [6, 6.07) is 8.48. The van der Waals surface area contributed by atoms with Crippen LogP contribution in [0.25, 0.3) is 0 Å². The Labute approximate surface area is 112 Å². The van der Waals surface area contributed by atoms with Crippen molar-refractivity contribution < 1.29 is 8.42 Å². The lowest BCUT2D eigenvalue weighted by molar-refractivity contribution is 0.601. The number of nitrogens with one attached hydrogen (secondary N) is 2. The first-order valence-electron chi connectivity index (χ1n) is 5.75. The van der Waals surface area contributed by atoms with Crippen LogP contribution in [-0.2, 0) is 10.0 Å². The second-order valence-electron chi connectivity index (χ2n) is 4.04. The van der Waals surface area contributed by atoms with E-state index in [2.05, 4.69) is 15.0 Å². The molecule has 0 aliphatic heterocycles. The van der Waals surface area contributed by atoms with E-state index in [1.807, 2.05) is 6.92 Å². The standard InChI is InChI=1S/C13H15N3O2S/c1-10-7-8-15-9-12(10)16-19(17,18)13-6-4-3-5-11(13)14-2/h3-9,14,16H,1-2H3. The van der Waals surface area contributed by atoms with Crippen molar-refractivity contribution in [3.63, 3.8) is 0 Å². The molecule has 0 bridgehead atoms. The minimum absolute atomic E-state index is 0.209. The van der Waals surface area contributed by atoms with Gasteiger partial charge in [0.25, 0.3) is 10.0 Å². The van der Waals surface area contributed by atoms with Crippen LogP contribution in [0, 0.1) is 6.92 Å². The number of nitrogens with zero attached hydrogens (tertiary/aromatic N) is 1. The van der Waals surface area contributed by atoms with E-state index in [9.17, 15) is 8.42 Å². The molecule has 2 rings (SSSR count). The highest BCUT2D eigenvalue weighted by molar-refractivity contribution is 7.92. The zero-order chi connectivity index (χ0) is 13.9. The van der Waals surface area contributed by atoms with Gasteiger partial charge in [-0.1, -0.05) is 12.1 Å². The third-order valence-corrected chi connectivity index (χ3v) is 4.15. The fourth-order valence-electron chi connectivity index (χ4n) is 1.68. The first kappa shape index (κ1) is 13.4. The van der Waals surface area contributed by atoms with Gasteiger partial charge in [-0.2, -0.15) is 0 Å². The number of hydrogen-bond donors (Lipinski definition) is 2. The molecule has 0 saturated carbocycles. The minimum Gasteiger partial charge on any atom is -0.387 e. The monoisotopic (exact) mass is 277 g/mol. The summed E-state index contributed by atoms with van der Waals surface area (Å²) in [6.45, 7) is 1.82. The zero-order valence-electron chi connectivity index (χ0n) is 10.7. The largest absolute Gasteiger partial charge is 0.387 e. The number of sulfonamides is 1. The highest BCUT2D eigenvalue weighted by Gasteiger charge is 2.18. The van der Waals surface area contributed by atoms with Crippen molar-refractivity contribution in [3.8, 4) is 0 Å². The van der Waals surface area contributed by atoms with Crippen LogP contribution in [0.5, 0.6) is 0 Å². The predicted octanol–water partition coefficient (Wildman–Crippen LogP) is 2.23. The fourth-order valence-corrected chi connectivity index (χ4v) is 3.01. The van der Waals surface area contributed by atoms with E-state index < -0.39 is 10.0 Å². The Morgan fingerprint density at radius 3 is 2.53 bits per heavy atom. The highest BCUT2D eigenvalue weighted by Crippen LogP contribution is 2.23. The third-order valence-electron chi connectivity index (χ3n) is 2.73. The number of aryl methyl sites for hydroxylation is 1. The molecule has 0 spiro atoms. The number of aromatic nitrogens is 1. The molecule has 0 unspecified atom stereocenters. The quantitative estimate of drug-likeness (QED) is 0.899. The fraction of sp³-hybridized carbons (Fsp3) is 0.154. The normalized spacial score (nSPS) is 11.1. The average Bonchev–Trinajstić information content (AvgIpc) is 2.41. The van der Waals surface area contributed by atoms with Crippen molar-refractivity contribution in [1.82, 2.24) is 4.98 Å². The molecule has 19 heavy (non-hydrogen) atoms. The second-order valence-corrected chi connectivity index (χ2v) is 5.69. The molecule has 6 heteroatoms. The summed E-state index contributed by atoms with van der Waals surface area (Å²) in [7, 11) is -1.95. The Morgan fingerprint density at radius 1 is 1.11 bits per heavy atom. The Balaban J connectivity index is 2.41. The highest BCUT2D eigenvalue weighted by atomic mass is 32.2. The summed E-state index contributed by atoms with van der Waals surface area (Å²) in [6.07, 6.45) is 3.11. The molecule has 100 valence electrons. The lowest BCUT2D eigenvalue weighted by Crippen LogP contribution is -2.15. The maximum atomic E-state index is 12.4. The Bertz CT molecular complexity index is 684. The van der Waals surface area contributed by atoms with E-state index in [1.54, 1.807) is 43.6 Å². The van der Waals surface area contributed by atoms with Crippen molar-refractivity contribution in [2.45, 2.75) is 11.8 Å². The summed E-state index contributed by atoms with van der Waals surface area (Å²) < 4.78 is 27.3. The molecule has 1 aromatic heterocycles. The molecule has 1 heterocycles. The van der Waals surface area contributed by atoms with Crippen LogP contribution < -0.4 is 10.0 Å². The number of benzene rings is 1. The smallest absolute Gasteiger partial charge is 0.264 e. The maximum absolute atomic E-state index is 12.4. The molecule has 5 nitrogen and oxygen atoms in total. The minimum atomic E-state index is -3.63. The first-order valence-corrected chi connectivity index (χ1v) is 7.23. The van der Waals surface area contributed by atoms with E-state index in [1.165, 1.54) is 6.20 Å². The van der Waals surface area contributed by atoms with E-state index in [0.717, 1.165) is 5.56 Å². The predicted molar refractivity (Wildman–Crippen MR) is 75.8 cm³/mol. The van der Waals surface area contributed by atoms with Gasteiger partial charge < -0.3 is 5.32 Å².